The normalized spacial score (nSPS) is 10.1. The molecule has 2 rings (SSSR count). The average Bonchev–Trinajstić information content (AvgIpc) is 2.68. The summed E-state index contributed by atoms with van der Waals surface area (Å²) in [5.41, 5.74) is 1.19. The predicted molar refractivity (Wildman–Crippen MR) is 56.1 cm³/mol. The fraction of sp³-hybridized carbons (Fsp3) is 0.100. The van der Waals surface area contributed by atoms with Crippen LogP contribution in [0, 0.1) is 0 Å². The third-order valence-corrected chi connectivity index (χ3v) is 2.72. The van der Waals surface area contributed by atoms with Crippen LogP contribution in [0.5, 0.6) is 0 Å². The monoisotopic (exact) mass is 220 g/mol. The summed E-state index contributed by atoms with van der Waals surface area (Å²) in [5, 5.41) is 11.1. The number of thiazole rings is 1. The molecule has 76 valence electrons. The van der Waals surface area contributed by atoms with Crippen LogP contribution in [0.1, 0.15) is 21.1 Å². The molecule has 2 aromatic rings. The number of nitrogens with zero attached hydrogens (tertiary/aromatic N) is 2. The van der Waals surface area contributed by atoms with E-state index in [9.17, 15) is 4.79 Å². The molecule has 0 fully saturated rings. The predicted octanol–water partition coefficient (Wildman–Crippen LogP) is 1.83. The van der Waals surface area contributed by atoms with Crippen molar-refractivity contribution in [2.24, 2.45) is 0 Å². The minimum absolute atomic E-state index is 0.115. The van der Waals surface area contributed by atoms with Gasteiger partial charge in [-0.3, -0.25) is 4.98 Å². The van der Waals surface area contributed by atoms with Crippen molar-refractivity contribution in [1.29, 1.82) is 0 Å². The molecule has 2 aromatic heterocycles. The summed E-state index contributed by atoms with van der Waals surface area (Å²) in [4.78, 5) is 18.5. The van der Waals surface area contributed by atoms with Crippen LogP contribution in [0.2, 0.25) is 0 Å². The molecule has 2 heterocycles. The van der Waals surface area contributed by atoms with Gasteiger partial charge < -0.3 is 5.11 Å². The van der Waals surface area contributed by atoms with Crippen LogP contribution >= 0.6 is 11.3 Å². The zero-order valence-electron chi connectivity index (χ0n) is 7.75. The van der Waals surface area contributed by atoms with Crippen molar-refractivity contribution in [3.05, 3.63) is 46.2 Å². The fourth-order valence-electron chi connectivity index (χ4n) is 1.17. The standard InChI is InChI=1S/C10H8N2O2S/c13-10(14)8-6-15-9(12-8)5-7-1-3-11-4-2-7/h1-4,6H,5H2,(H,13,14). The molecule has 0 aliphatic heterocycles. The van der Waals surface area contributed by atoms with Gasteiger partial charge in [-0.1, -0.05) is 0 Å². The van der Waals surface area contributed by atoms with E-state index >= 15 is 0 Å². The Morgan fingerprint density at radius 3 is 2.73 bits per heavy atom. The van der Waals surface area contributed by atoms with Crippen LogP contribution in [0.4, 0.5) is 0 Å². The van der Waals surface area contributed by atoms with E-state index in [2.05, 4.69) is 9.97 Å². The quantitative estimate of drug-likeness (QED) is 0.857. The van der Waals surface area contributed by atoms with Crippen molar-refractivity contribution in [2.45, 2.75) is 6.42 Å². The largest absolute Gasteiger partial charge is 0.476 e. The molecule has 4 nitrogen and oxygen atoms in total. The highest BCUT2D eigenvalue weighted by Crippen LogP contribution is 2.14. The zero-order chi connectivity index (χ0) is 10.7. The fourth-order valence-corrected chi connectivity index (χ4v) is 1.97. The second kappa shape index (κ2) is 4.18. The van der Waals surface area contributed by atoms with Gasteiger partial charge in [0.05, 0.1) is 5.01 Å². The zero-order valence-corrected chi connectivity index (χ0v) is 8.57. The minimum atomic E-state index is -0.979. The van der Waals surface area contributed by atoms with Gasteiger partial charge in [-0.25, -0.2) is 9.78 Å². The molecule has 0 saturated heterocycles. The molecular weight excluding hydrogens is 212 g/mol. The van der Waals surface area contributed by atoms with Crippen molar-refractivity contribution < 1.29 is 9.90 Å². The van der Waals surface area contributed by atoms with Crippen LogP contribution < -0.4 is 0 Å². The second-order valence-corrected chi connectivity index (χ2v) is 3.91. The Balaban J connectivity index is 2.15. The summed E-state index contributed by atoms with van der Waals surface area (Å²) in [6.45, 7) is 0. The molecule has 0 saturated carbocycles. The Morgan fingerprint density at radius 1 is 1.40 bits per heavy atom. The van der Waals surface area contributed by atoms with Crippen LogP contribution in [-0.4, -0.2) is 21.0 Å². The number of carboxylic acids is 1. The number of aromatic carboxylic acids is 1. The number of pyridine rings is 1. The number of hydrogen-bond donors (Lipinski definition) is 1. The SMILES string of the molecule is O=C(O)c1csc(Cc2ccncc2)n1. The first-order valence-electron chi connectivity index (χ1n) is 4.32. The number of rotatable bonds is 3. The maximum atomic E-state index is 10.6. The third-order valence-electron chi connectivity index (χ3n) is 1.88. The van der Waals surface area contributed by atoms with Crippen LogP contribution in [0.3, 0.4) is 0 Å². The lowest BCUT2D eigenvalue weighted by atomic mass is 10.2. The van der Waals surface area contributed by atoms with Crippen molar-refractivity contribution in [3.8, 4) is 0 Å². The molecule has 0 spiro atoms. The number of carbonyl (C=O) groups is 1. The smallest absolute Gasteiger partial charge is 0.355 e. The lowest BCUT2D eigenvalue weighted by Gasteiger charge is -1.95. The van der Waals surface area contributed by atoms with E-state index in [0.29, 0.717) is 6.42 Å². The molecule has 5 heteroatoms. The molecule has 15 heavy (non-hydrogen) atoms. The maximum Gasteiger partial charge on any atom is 0.355 e. The Hall–Kier alpha value is -1.75. The molecule has 0 aromatic carbocycles. The lowest BCUT2D eigenvalue weighted by molar-refractivity contribution is 0.0691. The Labute approximate surface area is 90.3 Å². The molecule has 0 aliphatic carbocycles. The van der Waals surface area contributed by atoms with Gasteiger partial charge in [0, 0.05) is 24.2 Å². The van der Waals surface area contributed by atoms with Crippen molar-refractivity contribution in [1.82, 2.24) is 9.97 Å². The van der Waals surface area contributed by atoms with Gasteiger partial charge in [0.2, 0.25) is 0 Å². The van der Waals surface area contributed by atoms with Crippen molar-refractivity contribution in [2.75, 3.05) is 0 Å². The van der Waals surface area contributed by atoms with E-state index in [4.69, 9.17) is 5.11 Å². The van der Waals surface area contributed by atoms with Crippen molar-refractivity contribution >= 4 is 17.3 Å². The maximum absolute atomic E-state index is 10.6. The van der Waals surface area contributed by atoms with E-state index in [1.807, 2.05) is 12.1 Å². The first kappa shape index (κ1) is 9.79. The average molecular weight is 220 g/mol. The van der Waals surface area contributed by atoms with Gasteiger partial charge >= 0.3 is 5.97 Å². The second-order valence-electron chi connectivity index (χ2n) is 2.96. The van der Waals surface area contributed by atoms with Gasteiger partial charge in [0.25, 0.3) is 0 Å². The lowest BCUT2D eigenvalue weighted by Crippen LogP contribution is -1.97. The van der Waals surface area contributed by atoms with E-state index in [-0.39, 0.29) is 5.69 Å². The summed E-state index contributed by atoms with van der Waals surface area (Å²) >= 11 is 1.36. The number of carboxylic acid groups (broad SMARTS) is 1. The summed E-state index contributed by atoms with van der Waals surface area (Å²) in [5.74, 6) is -0.979. The molecule has 0 amide bonds. The summed E-state index contributed by atoms with van der Waals surface area (Å²) in [7, 11) is 0. The Bertz CT molecular complexity index is 467. The van der Waals surface area contributed by atoms with Crippen LogP contribution in [0.15, 0.2) is 29.9 Å². The van der Waals surface area contributed by atoms with Crippen molar-refractivity contribution in [3.63, 3.8) is 0 Å². The first-order chi connectivity index (χ1) is 7.25. The third kappa shape index (κ3) is 2.38. The summed E-state index contributed by atoms with van der Waals surface area (Å²) in [6, 6.07) is 3.78. The molecule has 0 unspecified atom stereocenters. The highest BCUT2D eigenvalue weighted by molar-refractivity contribution is 7.09. The van der Waals surface area contributed by atoms with E-state index in [1.54, 1.807) is 17.8 Å². The summed E-state index contributed by atoms with van der Waals surface area (Å²) in [6.07, 6.45) is 4.07. The summed E-state index contributed by atoms with van der Waals surface area (Å²) < 4.78 is 0. The van der Waals surface area contributed by atoms with E-state index in [0.717, 1.165) is 10.6 Å². The van der Waals surface area contributed by atoms with Gasteiger partial charge in [-0.2, -0.15) is 0 Å². The first-order valence-corrected chi connectivity index (χ1v) is 5.20. The Morgan fingerprint density at radius 2 is 2.13 bits per heavy atom. The van der Waals surface area contributed by atoms with Gasteiger partial charge in [0.1, 0.15) is 0 Å². The molecule has 1 N–H and O–H groups in total. The van der Waals surface area contributed by atoms with E-state index in [1.165, 1.54) is 11.3 Å². The van der Waals surface area contributed by atoms with Gasteiger partial charge in [-0.05, 0) is 17.7 Å². The Kier molecular flexibility index (Phi) is 2.73. The molecule has 0 bridgehead atoms. The molecule has 0 aliphatic rings. The minimum Gasteiger partial charge on any atom is -0.476 e. The topological polar surface area (TPSA) is 63.1 Å². The van der Waals surface area contributed by atoms with E-state index < -0.39 is 5.97 Å². The van der Waals surface area contributed by atoms with Gasteiger partial charge in [-0.15, -0.1) is 11.3 Å². The molecular formula is C10H8N2O2S. The number of aromatic nitrogens is 2. The van der Waals surface area contributed by atoms with Crippen LogP contribution in [-0.2, 0) is 6.42 Å². The van der Waals surface area contributed by atoms with Gasteiger partial charge in [0.15, 0.2) is 5.69 Å². The highest BCUT2D eigenvalue weighted by atomic mass is 32.1. The highest BCUT2D eigenvalue weighted by Gasteiger charge is 2.08. The van der Waals surface area contributed by atoms with Crippen LogP contribution in [0.25, 0.3) is 0 Å². The number of hydrogen-bond acceptors (Lipinski definition) is 4. The molecule has 0 atom stereocenters. The molecule has 0 radical (unpaired) electrons.